The summed E-state index contributed by atoms with van der Waals surface area (Å²) in [6.45, 7) is 5.44. The normalized spacial score (nSPS) is 19.3. The van der Waals surface area contributed by atoms with Crippen molar-refractivity contribution < 1.29 is 38.4 Å². The lowest BCUT2D eigenvalue weighted by Gasteiger charge is -2.41. The number of aliphatic hydroxyl groups excluding tert-OH is 1. The SMILES string of the molecule is COCCOc1ccc(CNC(=O)C(O)CCNC(=O)C2O[C@H](c3ccc(OC)cc3)OCC2(C)C)cc1. The highest BCUT2D eigenvalue weighted by molar-refractivity contribution is 5.82. The van der Waals surface area contributed by atoms with Crippen molar-refractivity contribution in [3.8, 4) is 11.5 Å². The molecule has 3 atom stereocenters. The second kappa shape index (κ2) is 14.1. The highest BCUT2D eigenvalue weighted by Gasteiger charge is 2.43. The summed E-state index contributed by atoms with van der Waals surface area (Å²) < 4.78 is 27.5. The Kier molecular flexibility index (Phi) is 10.9. The number of benzene rings is 2. The van der Waals surface area contributed by atoms with Crippen molar-refractivity contribution in [1.29, 1.82) is 0 Å². The molecule has 3 rings (SSSR count). The topological polar surface area (TPSA) is 125 Å². The lowest BCUT2D eigenvalue weighted by molar-refractivity contribution is -0.258. The van der Waals surface area contributed by atoms with Crippen molar-refractivity contribution in [3.05, 3.63) is 59.7 Å². The van der Waals surface area contributed by atoms with Gasteiger partial charge in [-0.15, -0.1) is 0 Å². The quantitative estimate of drug-likeness (QED) is 0.337. The Bertz CT molecular complexity index is 1030. The third kappa shape index (κ3) is 8.42. The molecule has 2 aromatic rings. The van der Waals surface area contributed by atoms with E-state index in [0.29, 0.717) is 31.3 Å². The van der Waals surface area contributed by atoms with E-state index in [4.69, 9.17) is 23.7 Å². The van der Waals surface area contributed by atoms with Crippen LogP contribution in [0.25, 0.3) is 0 Å². The van der Waals surface area contributed by atoms with E-state index in [1.807, 2.05) is 50.2 Å². The van der Waals surface area contributed by atoms with Gasteiger partial charge in [0.25, 0.3) is 0 Å². The van der Waals surface area contributed by atoms with Gasteiger partial charge in [-0.3, -0.25) is 9.59 Å². The van der Waals surface area contributed by atoms with Gasteiger partial charge in [0.05, 0.1) is 20.3 Å². The van der Waals surface area contributed by atoms with E-state index in [0.717, 1.165) is 11.1 Å². The zero-order valence-electron chi connectivity index (χ0n) is 22.4. The molecule has 0 bridgehead atoms. The minimum Gasteiger partial charge on any atom is -0.497 e. The molecule has 0 saturated carbocycles. The Morgan fingerprint density at radius 1 is 1.03 bits per heavy atom. The first-order valence-electron chi connectivity index (χ1n) is 12.6. The number of rotatable bonds is 13. The average molecular weight is 531 g/mol. The van der Waals surface area contributed by atoms with Gasteiger partial charge < -0.3 is 39.4 Å². The molecule has 2 aromatic carbocycles. The molecule has 1 heterocycles. The molecule has 0 aromatic heterocycles. The van der Waals surface area contributed by atoms with E-state index >= 15 is 0 Å². The Balaban J connectivity index is 1.42. The van der Waals surface area contributed by atoms with Gasteiger partial charge in [0.15, 0.2) is 6.29 Å². The molecule has 1 fully saturated rings. The standard InChI is InChI=1S/C28H38N2O8/c1-28(2)18-37-27(20-7-11-21(35-4)12-8-20)38-24(28)26(33)29-14-13-23(31)25(32)30-17-19-5-9-22(10-6-19)36-16-15-34-3/h5-12,23-24,27,31H,13-18H2,1-4H3,(H,29,33)(H,30,32)/t23?,24?,27-/m1/s1. The minimum atomic E-state index is -1.26. The van der Waals surface area contributed by atoms with Crippen LogP contribution in [0, 0.1) is 5.41 Å². The number of carbonyl (C=O) groups is 2. The predicted molar refractivity (Wildman–Crippen MR) is 140 cm³/mol. The minimum absolute atomic E-state index is 0.0649. The molecule has 10 heteroatoms. The number of aliphatic hydroxyl groups is 1. The fraction of sp³-hybridized carbons (Fsp3) is 0.500. The molecular formula is C28H38N2O8. The van der Waals surface area contributed by atoms with Crippen molar-refractivity contribution in [2.45, 2.75) is 45.3 Å². The van der Waals surface area contributed by atoms with Crippen molar-refractivity contribution in [1.82, 2.24) is 10.6 Å². The third-order valence-corrected chi connectivity index (χ3v) is 6.17. The van der Waals surface area contributed by atoms with Gasteiger partial charge in [-0.2, -0.15) is 0 Å². The lowest BCUT2D eigenvalue weighted by Crippen LogP contribution is -2.52. The maximum atomic E-state index is 13.0. The highest BCUT2D eigenvalue weighted by Crippen LogP contribution is 2.36. The van der Waals surface area contributed by atoms with Gasteiger partial charge in [-0.05, 0) is 36.2 Å². The van der Waals surface area contributed by atoms with Gasteiger partial charge in [0.2, 0.25) is 11.8 Å². The van der Waals surface area contributed by atoms with Gasteiger partial charge in [0.1, 0.15) is 30.3 Å². The van der Waals surface area contributed by atoms with E-state index in [1.54, 1.807) is 26.4 Å². The number of nitrogens with one attached hydrogen (secondary N) is 2. The molecule has 10 nitrogen and oxygen atoms in total. The molecule has 2 amide bonds. The Hall–Kier alpha value is -3.18. The first kappa shape index (κ1) is 29.4. The van der Waals surface area contributed by atoms with E-state index in [1.165, 1.54) is 0 Å². The predicted octanol–water partition coefficient (Wildman–Crippen LogP) is 2.34. The van der Waals surface area contributed by atoms with Crippen LogP contribution in [-0.2, 0) is 30.3 Å². The molecular weight excluding hydrogens is 492 g/mol. The summed E-state index contributed by atoms with van der Waals surface area (Å²) in [5.41, 5.74) is 1.08. The summed E-state index contributed by atoms with van der Waals surface area (Å²) in [4.78, 5) is 25.3. The second-order valence-electron chi connectivity index (χ2n) is 9.72. The average Bonchev–Trinajstić information content (AvgIpc) is 2.92. The van der Waals surface area contributed by atoms with Crippen molar-refractivity contribution in [3.63, 3.8) is 0 Å². The van der Waals surface area contributed by atoms with Crippen LogP contribution in [0.1, 0.15) is 37.7 Å². The van der Waals surface area contributed by atoms with Crippen molar-refractivity contribution in [2.75, 3.05) is 40.6 Å². The maximum absolute atomic E-state index is 13.0. The summed E-state index contributed by atoms with van der Waals surface area (Å²) in [7, 11) is 3.20. The van der Waals surface area contributed by atoms with Crippen LogP contribution >= 0.6 is 0 Å². The fourth-order valence-corrected chi connectivity index (χ4v) is 3.88. The molecule has 208 valence electrons. The van der Waals surface area contributed by atoms with Crippen LogP contribution in [0.2, 0.25) is 0 Å². The van der Waals surface area contributed by atoms with Gasteiger partial charge in [-0.1, -0.05) is 38.1 Å². The Morgan fingerprint density at radius 2 is 1.71 bits per heavy atom. The van der Waals surface area contributed by atoms with E-state index in [9.17, 15) is 14.7 Å². The van der Waals surface area contributed by atoms with Gasteiger partial charge >= 0.3 is 0 Å². The Labute approximate surface area is 223 Å². The zero-order chi connectivity index (χ0) is 27.5. The molecule has 3 N–H and O–H groups in total. The maximum Gasteiger partial charge on any atom is 0.249 e. The molecule has 38 heavy (non-hydrogen) atoms. The summed E-state index contributed by atoms with van der Waals surface area (Å²) >= 11 is 0. The molecule has 0 radical (unpaired) electrons. The summed E-state index contributed by atoms with van der Waals surface area (Å²) in [5, 5.41) is 15.8. The molecule has 1 aliphatic heterocycles. The number of hydrogen-bond acceptors (Lipinski definition) is 8. The van der Waals surface area contributed by atoms with Gasteiger partial charge in [0, 0.05) is 31.2 Å². The van der Waals surface area contributed by atoms with Crippen LogP contribution in [-0.4, -0.2) is 69.7 Å². The Morgan fingerprint density at radius 3 is 2.37 bits per heavy atom. The van der Waals surface area contributed by atoms with E-state index in [2.05, 4.69) is 10.6 Å². The van der Waals surface area contributed by atoms with Crippen LogP contribution in [0.3, 0.4) is 0 Å². The first-order chi connectivity index (χ1) is 18.2. The molecule has 2 unspecified atom stereocenters. The number of ether oxygens (including phenoxy) is 5. The van der Waals surface area contributed by atoms with E-state index in [-0.39, 0.29) is 25.4 Å². The third-order valence-electron chi connectivity index (χ3n) is 6.17. The largest absolute Gasteiger partial charge is 0.497 e. The first-order valence-corrected chi connectivity index (χ1v) is 12.6. The second-order valence-corrected chi connectivity index (χ2v) is 9.72. The lowest BCUT2D eigenvalue weighted by atomic mass is 9.85. The van der Waals surface area contributed by atoms with Crippen molar-refractivity contribution in [2.24, 2.45) is 5.41 Å². The number of hydrogen-bond donors (Lipinski definition) is 3. The summed E-state index contributed by atoms with van der Waals surface area (Å²) in [5.74, 6) is 0.585. The molecule has 1 aliphatic rings. The zero-order valence-corrected chi connectivity index (χ0v) is 22.4. The molecule has 0 spiro atoms. The number of methoxy groups -OCH3 is 2. The monoisotopic (exact) mass is 530 g/mol. The van der Waals surface area contributed by atoms with Crippen LogP contribution < -0.4 is 20.1 Å². The smallest absolute Gasteiger partial charge is 0.249 e. The molecule has 0 aliphatic carbocycles. The van der Waals surface area contributed by atoms with Crippen LogP contribution in [0.5, 0.6) is 11.5 Å². The van der Waals surface area contributed by atoms with Crippen LogP contribution in [0.4, 0.5) is 0 Å². The van der Waals surface area contributed by atoms with Crippen LogP contribution in [0.15, 0.2) is 48.5 Å². The highest BCUT2D eigenvalue weighted by atomic mass is 16.7. The molecule has 1 saturated heterocycles. The van der Waals surface area contributed by atoms with Crippen molar-refractivity contribution >= 4 is 11.8 Å². The summed E-state index contributed by atoms with van der Waals surface area (Å²) in [6, 6.07) is 14.6. The van der Waals surface area contributed by atoms with E-state index < -0.39 is 29.8 Å². The fourth-order valence-electron chi connectivity index (χ4n) is 3.88. The van der Waals surface area contributed by atoms with Gasteiger partial charge in [-0.25, -0.2) is 0 Å². The number of carbonyl (C=O) groups excluding carboxylic acids is 2. The summed E-state index contributed by atoms with van der Waals surface area (Å²) in [6.07, 6.45) is -2.65. The number of amides is 2.